The SMILES string of the molecule is O=[S@](Cc1cccc(OC(F)F)c1)C[C@@H]1CCCCO1. The normalized spacial score (nSPS) is 20.9. The fourth-order valence-corrected chi connectivity index (χ4v) is 3.55. The molecule has 1 fully saturated rings. The number of hydrogen-bond acceptors (Lipinski definition) is 3. The van der Waals surface area contributed by atoms with Gasteiger partial charge in [0, 0.05) is 23.2 Å². The first-order chi connectivity index (χ1) is 9.63. The van der Waals surface area contributed by atoms with Crippen LogP contribution in [0, 0.1) is 0 Å². The van der Waals surface area contributed by atoms with Crippen molar-refractivity contribution in [1.82, 2.24) is 0 Å². The molecule has 1 aromatic carbocycles. The van der Waals surface area contributed by atoms with E-state index in [2.05, 4.69) is 4.74 Å². The molecule has 1 aliphatic rings. The molecule has 0 unspecified atom stereocenters. The molecule has 0 aromatic heterocycles. The van der Waals surface area contributed by atoms with Crippen LogP contribution in [0.1, 0.15) is 24.8 Å². The van der Waals surface area contributed by atoms with Crippen molar-refractivity contribution < 1.29 is 22.5 Å². The number of rotatable bonds is 6. The average molecular weight is 304 g/mol. The molecule has 0 aliphatic carbocycles. The van der Waals surface area contributed by atoms with Gasteiger partial charge in [0.25, 0.3) is 0 Å². The maximum absolute atomic E-state index is 12.1. The third-order valence-electron chi connectivity index (χ3n) is 3.10. The minimum absolute atomic E-state index is 0.0603. The minimum Gasteiger partial charge on any atom is -0.435 e. The van der Waals surface area contributed by atoms with Crippen LogP contribution in [0.3, 0.4) is 0 Å². The van der Waals surface area contributed by atoms with E-state index in [9.17, 15) is 13.0 Å². The number of halogens is 2. The summed E-state index contributed by atoms with van der Waals surface area (Å²) in [5.74, 6) is 0.934. The molecular formula is C14H18F2O3S. The zero-order valence-corrected chi connectivity index (χ0v) is 11.9. The van der Waals surface area contributed by atoms with Gasteiger partial charge in [-0.3, -0.25) is 4.21 Å². The van der Waals surface area contributed by atoms with E-state index in [0.717, 1.165) is 31.4 Å². The van der Waals surface area contributed by atoms with Crippen LogP contribution in [0.4, 0.5) is 8.78 Å². The summed E-state index contributed by atoms with van der Waals surface area (Å²) in [6.45, 7) is -2.11. The molecule has 0 N–H and O–H groups in total. The molecule has 112 valence electrons. The number of benzene rings is 1. The lowest BCUT2D eigenvalue weighted by Crippen LogP contribution is -2.25. The molecule has 20 heavy (non-hydrogen) atoms. The second-order valence-electron chi connectivity index (χ2n) is 4.77. The van der Waals surface area contributed by atoms with Crippen molar-refractivity contribution >= 4 is 10.8 Å². The van der Waals surface area contributed by atoms with Crippen LogP contribution in [-0.2, 0) is 21.3 Å². The molecule has 3 nitrogen and oxygen atoms in total. The van der Waals surface area contributed by atoms with E-state index in [1.807, 2.05) is 0 Å². The third-order valence-corrected chi connectivity index (χ3v) is 4.50. The molecule has 0 spiro atoms. The summed E-state index contributed by atoms with van der Waals surface area (Å²) in [6, 6.07) is 6.36. The first-order valence-electron chi connectivity index (χ1n) is 6.64. The summed E-state index contributed by atoms with van der Waals surface area (Å²) >= 11 is 0. The van der Waals surface area contributed by atoms with Crippen LogP contribution in [-0.4, -0.2) is 29.3 Å². The van der Waals surface area contributed by atoms with Crippen molar-refractivity contribution in [2.75, 3.05) is 12.4 Å². The Morgan fingerprint density at radius 3 is 2.95 bits per heavy atom. The highest BCUT2D eigenvalue weighted by atomic mass is 32.2. The number of ether oxygens (including phenoxy) is 2. The first kappa shape index (κ1) is 15.4. The van der Waals surface area contributed by atoms with Gasteiger partial charge in [-0.15, -0.1) is 0 Å². The summed E-state index contributed by atoms with van der Waals surface area (Å²) in [5, 5.41) is 0. The maximum Gasteiger partial charge on any atom is 0.387 e. The van der Waals surface area contributed by atoms with Gasteiger partial charge in [-0.05, 0) is 37.0 Å². The summed E-state index contributed by atoms with van der Waals surface area (Å²) in [4.78, 5) is 0. The van der Waals surface area contributed by atoms with E-state index in [1.54, 1.807) is 12.1 Å². The molecule has 1 aliphatic heterocycles. The zero-order chi connectivity index (χ0) is 14.4. The molecule has 0 bridgehead atoms. The second-order valence-corrected chi connectivity index (χ2v) is 6.27. The van der Waals surface area contributed by atoms with E-state index >= 15 is 0 Å². The van der Waals surface area contributed by atoms with Crippen molar-refractivity contribution in [3.8, 4) is 5.75 Å². The highest BCUT2D eigenvalue weighted by Crippen LogP contribution is 2.18. The lowest BCUT2D eigenvalue weighted by atomic mass is 10.1. The van der Waals surface area contributed by atoms with Crippen molar-refractivity contribution in [1.29, 1.82) is 0 Å². The second kappa shape index (κ2) is 7.69. The van der Waals surface area contributed by atoms with Crippen LogP contribution in [0.25, 0.3) is 0 Å². The van der Waals surface area contributed by atoms with Crippen molar-refractivity contribution in [2.24, 2.45) is 0 Å². The average Bonchev–Trinajstić information content (AvgIpc) is 2.39. The highest BCUT2D eigenvalue weighted by molar-refractivity contribution is 7.84. The van der Waals surface area contributed by atoms with Crippen LogP contribution < -0.4 is 4.74 Å². The lowest BCUT2D eigenvalue weighted by Gasteiger charge is -2.22. The largest absolute Gasteiger partial charge is 0.435 e. The molecule has 1 aromatic rings. The predicted octanol–water partition coefficient (Wildman–Crippen LogP) is 3.11. The van der Waals surface area contributed by atoms with Gasteiger partial charge in [0.15, 0.2) is 0 Å². The monoisotopic (exact) mass is 304 g/mol. The summed E-state index contributed by atoms with van der Waals surface area (Å²) < 4.78 is 46.2. The molecular weight excluding hydrogens is 286 g/mol. The Hall–Kier alpha value is -1.01. The van der Waals surface area contributed by atoms with Gasteiger partial charge in [0.2, 0.25) is 0 Å². The fourth-order valence-electron chi connectivity index (χ4n) is 2.20. The summed E-state index contributed by atoms with van der Waals surface area (Å²) in [7, 11) is -1.06. The van der Waals surface area contributed by atoms with Gasteiger partial charge in [0.05, 0.1) is 11.9 Å². The smallest absolute Gasteiger partial charge is 0.387 e. The van der Waals surface area contributed by atoms with Crippen LogP contribution in [0.5, 0.6) is 5.75 Å². The van der Waals surface area contributed by atoms with Crippen molar-refractivity contribution in [3.05, 3.63) is 29.8 Å². The van der Waals surface area contributed by atoms with Gasteiger partial charge >= 0.3 is 6.61 Å². The minimum atomic E-state index is -2.84. The van der Waals surface area contributed by atoms with Crippen molar-refractivity contribution in [2.45, 2.75) is 37.7 Å². The Balaban J connectivity index is 1.86. The highest BCUT2D eigenvalue weighted by Gasteiger charge is 2.17. The van der Waals surface area contributed by atoms with Gasteiger partial charge in [0.1, 0.15) is 5.75 Å². The Morgan fingerprint density at radius 2 is 2.25 bits per heavy atom. The van der Waals surface area contributed by atoms with Crippen molar-refractivity contribution in [3.63, 3.8) is 0 Å². The van der Waals surface area contributed by atoms with Gasteiger partial charge in [-0.25, -0.2) is 0 Å². The third kappa shape index (κ3) is 5.17. The quantitative estimate of drug-likeness (QED) is 0.810. The Labute approximate surface area is 119 Å². The molecule has 1 heterocycles. The van der Waals surface area contributed by atoms with Crippen LogP contribution in [0.2, 0.25) is 0 Å². The predicted molar refractivity (Wildman–Crippen MR) is 73.4 cm³/mol. The Kier molecular flexibility index (Phi) is 5.91. The van der Waals surface area contributed by atoms with E-state index < -0.39 is 17.4 Å². The van der Waals surface area contributed by atoms with Gasteiger partial charge in [-0.1, -0.05) is 12.1 Å². The summed E-state index contributed by atoms with van der Waals surface area (Å²) in [6.07, 6.45) is 3.18. The number of hydrogen-bond donors (Lipinski definition) is 0. The van der Waals surface area contributed by atoms with Crippen LogP contribution in [0.15, 0.2) is 24.3 Å². The van der Waals surface area contributed by atoms with E-state index in [0.29, 0.717) is 11.5 Å². The van der Waals surface area contributed by atoms with E-state index in [4.69, 9.17) is 4.74 Å². The topological polar surface area (TPSA) is 35.5 Å². The maximum atomic E-state index is 12.1. The molecule has 2 rings (SSSR count). The Bertz CT molecular complexity index is 448. The molecule has 0 saturated carbocycles. The van der Waals surface area contributed by atoms with E-state index in [1.165, 1.54) is 12.1 Å². The van der Waals surface area contributed by atoms with Gasteiger partial charge in [-0.2, -0.15) is 8.78 Å². The molecule has 2 atom stereocenters. The standard InChI is InChI=1S/C14H18F2O3S/c15-14(16)19-12-6-3-4-11(8-12)9-20(17)10-13-5-1-2-7-18-13/h3-4,6,8,13-14H,1-2,5,7,9-10H2/t13-,20+/m0/s1. The number of alkyl halides is 2. The molecule has 1 saturated heterocycles. The summed E-state index contributed by atoms with van der Waals surface area (Å²) in [5.41, 5.74) is 0.734. The lowest BCUT2D eigenvalue weighted by molar-refractivity contribution is -0.0498. The zero-order valence-electron chi connectivity index (χ0n) is 11.1. The fraction of sp³-hybridized carbons (Fsp3) is 0.571. The van der Waals surface area contributed by atoms with Crippen LogP contribution >= 0.6 is 0 Å². The van der Waals surface area contributed by atoms with E-state index in [-0.39, 0.29) is 11.9 Å². The van der Waals surface area contributed by atoms with Gasteiger partial charge < -0.3 is 9.47 Å². The molecule has 0 amide bonds. The molecule has 6 heteroatoms. The first-order valence-corrected chi connectivity index (χ1v) is 8.12. The molecule has 0 radical (unpaired) electrons. The Morgan fingerprint density at radius 1 is 1.40 bits per heavy atom.